The molecule has 18 heavy (non-hydrogen) atoms. The minimum Gasteiger partial charge on any atom is -0.480 e. The first-order valence-electron chi connectivity index (χ1n) is 6.32. The van der Waals surface area contributed by atoms with Gasteiger partial charge < -0.3 is 14.7 Å². The molecule has 1 amide bonds. The minimum absolute atomic E-state index is 0.0618. The van der Waals surface area contributed by atoms with Gasteiger partial charge in [-0.05, 0) is 12.3 Å². The van der Waals surface area contributed by atoms with Crippen LogP contribution in [-0.2, 0) is 14.3 Å². The van der Waals surface area contributed by atoms with E-state index in [2.05, 4.69) is 5.32 Å². The van der Waals surface area contributed by atoms with Crippen LogP contribution in [0, 0.1) is 5.92 Å². The van der Waals surface area contributed by atoms with E-state index in [0.29, 0.717) is 32.7 Å². The van der Waals surface area contributed by atoms with Gasteiger partial charge in [0.05, 0.1) is 19.8 Å². The highest BCUT2D eigenvalue weighted by Gasteiger charge is 2.22. The average molecular weight is 258 g/mol. The smallest absolute Gasteiger partial charge is 0.320 e. The molecule has 1 aliphatic heterocycles. The summed E-state index contributed by atoms with van der Waals surface area (Å²) in [6, 6.07) is -0.657. The molecule has 0 spiro atoms. The maximum atomic E-state index is 11.8. The summed E-state index contributed by atoms with van der Waals surface area (Å²) >= 11 is 0. The summed E-state index contributed by atoms with van der Waals surface area (Å²) in [6.07, 6.45) is 0.520. The maximum Gasteiger partial charge on any atom is 0.320 e. The van der Waals surface area contributed by atoms with Crippen molar-refractivity contribution in [2.24, 2.45) is 5.92 Å². The van der Waals surface area contributed by atoms with Crippen LogP contribution in [0.5, 0.6) is 0 Å². The van der Waals surface area contributed by atoms with Gasteiger partial charge in [0, 0.05) is 13.1 Å². The van der Waals surface area contributed by atoms with Gasteiger partial charge in [0.2, 0.25) is 5.91 Å². The van der Waals surface area contributed by atoms with Gasteiger partial charge in [-0.3, -0.25) is 14.9 Å². The fourth-order valence-corrected chi connectivity index (χ4v) is 1.88. The van der Waals surface area contributed by atoms with Gasteiger partial charge in [-0.15, -0.1) is 0 Å². The highest BCUT2D eigenvalue weighted by Crippen LogP contribution is 2.05. The summed E-state index contributed by atoms with van der Waals surface area (Å²) in [4.78, 5) is 24.5. The van der Waals surface area contributed by atoms with Crippen molar-refractivity contribution in [2.75, 3.05) is 32.8 Å². The SMILES string of the molecule is CC(C)CC(NCC(=O)N1CCOCC1)C(=O)O. The van der Waals surface area contributed by atoms with E-state index in [4.69, 9.17) is 9.84 Å². The Hall–Kier alpha value is -1.14. The van der Waals surface area contributed by atoms with Crippen LogP contribution in [0.2, 0.25) is 0 Å². The molecule has 1 fully saturated rings. The molecule has 1 saturated heterocycles. The van der Waals surface area contributed by atoms with Crippen LogP contribution < -0.4 is 5.32 Å². The maximum absolute atomic E-state index is 11.8. The molecule has 0 bridgehead atoms. The number of hydrogen-bond acceptors (Lipinski definition) is 4. The zero-order valence-corrected chi connectivity index (χ0v) is 11.0. The Bertz CT molecular complexity index is 288. The second kappa shape index (κ2) is 7.33. The Labute approximate surface area is 107 Å². The van der Waals surface area contributed by atoms with Crippen LogP contribution >= 0.6 is 0 Å². The van der Waals surface area contributed by atoms with Gasteiger partial charge in [-0.2, -0.15) is 0 Å². The van der Waals surface area contributed by atoms with Crippen molar-refractivity contribution in [3.05, 3.63) is 0 Å². The van der Waals surface area contributed by atoms with Crippen molar-refractivity contribution >= 4 is 11.9 Å². The van der Waals surface area contributed by atoms with Crippen LogP contribution in [0.25, 0.3) is 0 Å². The zero-order chi connectivity index (χ0) is 13.5. The first-order valence-corrected chi connectivity index (χ1v) is 6.32. The second-order valence-electron chi connectivity index (χ2n) is 4.89. The Morgan fingerprint density at radius 2 is 1.94 bits per heavy atom. The topological polar surface area (TPSA) is 78.9 Å². The summed E-state index contributed by atoms with van der Waals surface area (Å²) in [6.45, 7) is 6.28. The fraction of sp³-hybridized carbons (Fsp3) is 0.833. The van der Waals surface area contributed by atoms with Crippen molar-refractivity contribution in [1.29, 1.82) is 0 Å². The summed E-state index contributed by atoms with van der Waals surface area (Å²) < 4.78 is 5.16. The molecule has 6 heteroatoms. The second-order valence-corrected chi connectivity index (χ2v) is 4.89. The lowest BCUT2D eigenvalue weighted by molar-refractivity contribution is -0.140. The molecule has 1 heterocycles. The van der Waals surface area contributed by atoms with E-state index in [9.17, 15) is 9.59 Å². The summed E-state index contributed by atoms with van der Waals surface area (Å²) in [5.74, 6) is -0.691. The van der Waals surface area contributed by atoms with E-state index in [1.54, 1.807) is 4.90 Å². The fourth-order valence-electron chi connectivity index (χ4n) is 1.88. The number of ether oxygens (including phenoxy) is 1. The first kappa shape index (κ1) is 14.9. The number of hydrogen-bond donors (Lipinski definition) is 2. The lowest BCUT2D eigenvalue weighted by atomic mass is 10.0. The average Bonchev–Trinajstić information content (AvgIpc) is 2.34. The first-order chi connectivity index (χ1) is 8.50. The number of amides is 1. The van der Waals surface area contributed by atoms with Crippen molar-refractivity contribution in [1.82, 2.24) is 10.2 Å². The van der Waals surface area contributed by atoms with Crippen LogP contribution in [0.15, 0.2) is 0 Å². The lowest BCUT2D eigenvalue weighted by Gasteiger charge is -2.27. The molecule has 1 atom stereocenters. The highest BCUT2D eigenvalue weighted by atomic mass is 16.5. The summed E-state index contributed by atoms with van der Waals surface area (Å²) in [5.41, 5.74) is 0. The van der Waals surface area contributed by atoms with Crippen LogP contribution in [0.4, 0.5) is 0 Å². The van der Waals surface area contributed by atoms with E-state index in [0.717, 1.165) is 0 Å². The van der Waals surface area contributed by atoms with Crippen LogP contribution in [0.1, 0.15) is 20.3 Å². The molecule has 6 nitrogen and oxygen atoms in total. The van der Waals surface area contributed by atoms with E-state index >= 15 is 0 Å². The van der Waals surface area contributed by atoms with Crippen molar-refractivity contribution < 1.29 is 19.4 Å². The van der Waals surface area contributed by atoms with E-state index in [1.807, 2.05) is 13.8 Å². The highest BCUT2D eigenvalue weighted by molar-refractivity contribution is 5.80. The van der Waals surface area contributed by atoms with Crippen LogP contribution in [-0.4, -0.2) is 60.8 Å². The van der Waals surface area contributed by atoms with E-state index in [-0.39, 0.29) is 18.4 Å². The van der Waals surface area contributed by atoms with Crippen molar-refractivity contribution in [3.63, 3.8) is 0 Å². The van der Waals surface area contributed by atoms with Gasteiger partial charge in [0.1, 0.15) is 6.04 Å². The van der Waals surface area contributed by atoms with E-state index < -0.39 is 12.0 Å². The number of carboxylic acid groups (broad SMARTS) is 1. The molecule has 0 aliphatic carbocycles. The largest absolute Gasteiger partial charge is 0.480 e. The molecule has 0 saturated carbocycles. The van der Waals surface area contributed by atoms with Gasteiger partial charge in [0.15, 0.2) is 0 Å². The van der Waals surface area contributed by atoms with Gasteiger partial charge >= 0.3 is 5.97 Å². The molecule has 2 N–H and O–H groups in total. The summed E-state index contributed by atoms with van der Waals surface area (Å²) in [5, 5.41) is 11.9. The van der Waals surface area contributed by atoms with Gasteiger partial charge in [-0.1, -0.05) is 13.8 Å². The molecule has 1 unspecified atom stereocenters. The molecule has 1 rings (SSSR count). The quantitative estimate of drug-likeness (QED) is 0.697. The number of nitrogens with one attached hydrogen (secondary N) is 1. The van der Waals surface area contributed by atoms with Crippen LogP contribution in [0.3, 0.4) is 0 Å². The molecule has 1 aliphatic rings. The van der Waals surface area contributed by atoms with Crippen molar-refractivity contribution in [2.45, 2.75) is 26.3 Å². The van der Waals surface area contributed by atoms with Gasteiger partial charge in [0.25, 0.3) is 0 Å². The molecule has 0 aromatic rings. The number of rotatable bonds is 6. The third kappa shape index (κ3) is 5.01. The number of nitrogens with zero attached hydrogens (tertiary/aromatic N) is 1. The Morgan fingerprint density at radius 1 is 1.33 bits per heavy atom. The number of morpholine rings is 1. The molecule has 0 radical (unpaired) electrons. The predicted molar refractivity (Wildman–Crippen MR) is 66.3 cm³/mol. The standard InChI is InChI=1S/C12H22N2O4/c1-9(2)7-10(12(16)17)13-8-11(15)14-3-5-18-6-4-14/h9-10,13H,3-8H2,1-2H3,(H,16,17). The molecular weight excluding hydrogens is 236 g/mol. The lowest BCUT2D eigenvalue weighted by Crippen LogP contribution is -2.48. The number of carbonyl (C=O) groups is 2. The number of aliphatic carboxylic acids is 1. The normalized spacial score (nSPS) is 17.8. The Kier molecular flexibility index (Phi) is 6.07. The Balaban J connectivity index is 2.36. The third-order valence-corrected chi connectivity index (χ3v) is 2.87. The Morgan fingerprint density at radius 3 is 2.44 bits per heavy atom. The molecule has 0 aromatic heterocycles. The molecule has 0 aromatic carbocycles. The van der Waals surface area contributed by atoms with Gasteiger partial charge in [-0.25, -0.2) is 0 Å². The molecular formula is C12H22N2O4. The number of carbonyl (C=O) groups excluding carboxylic acids is 1. The molecule has 104 valence electrons. The monoisotopic (exact) mass is 258 g/mol. The summed E-state index contributed by atoms with van der Waals surface area (Å²) in [7, 11) is 0. The minimum atomic E-state index is -0.904. The third-order valence-electron chi connectivity index (χ3n) is 2.87. The predicted octanol–water partition coefficient (Wildman–Crippen LogP) is -0.0659. The van der Waals surface area contributed by atoms with E-state index in [1.165, 1.54) is 0 Å². The van der Waals surface area contributed by atoms with Crippen molar-refractivity contribution in [3.8, 4) is 0 Å². The zero-order valence-electron chi connectivity index (χ0n) is 11.0. The number of carboxylic acids is 1.